The highest BCUT2D eigenvalue weighted by Crippen LogP contribution is 2.27. The van der Waals surface area contributed by atoms with Gasteiger partial charge < -0.3 is 0 Å². The maximum atomic E-state index is 13.4. The van der Waals surface area contributed by atoms with Gasteiger partial charge in [-0.15, -0.1) is 0 Å². The van der Waals surface area contributed by atoms with E-state index < -0.39 is 5.82 Å². The topological polar surface area (TPSA) is 17.1 Å². The average molecular weight is 283 g/mol. The fourth-order valence-corrected chi connectivity index (χ4v) is 2.16. The predicted octanol–water partition coefficient (Wildman–Crippen LogP) is 4.67. The van der Waals surface area contributed by atoms with Gasteiger partial charge in [0.15, 0.2) is 5.78 Å². The zero-order valence-electron chi connectivity index (χ0n) is 9.51. The molecule has 0 N–H and O–H groups in total. The smallest absolute Gasteiger partial charge is 0.196 e. The molecule has 0 aliphatic heterocycles. The van der Waals surface area contributed by atoms with E-state index in [2.05, 4.69) is 0 Å². The van der Waals surface area contributed by atoms with Gasteiger partial charge in [0, 0.05) is 5.56 Å². The quantitative estimate of drug-likeness (QED) is 0.732. The summed E-state index contributed by atoms with van der Waals surface area (Å²) in [6.45, 7) is 1.63. The van der Waals surface area contributed by atoms with Crippen molar-refractivity contribution in [1.29, 1.82) is 0 Å². The summed E-state index contributed by atoms with van der Waals surface area (Å²) in [7, 11) is 0. The lowest BCUT2D eigenvalue weighted by Gasteiger charge is -2.06. The maximum Gasteiger partial charge on any atom is 0.196 e. The van der Waals surface area contributed by atoms with E-state index in [1.807, 2.05) is 0 Å². The summed E-state index contributed by atoms with van der Waals surface area (Å²) in [5.41, 5.74) is 0.911. The van der Waals surface area contributed by atoms with Crippen LogP contribution in [0.25, 0.3) is 0 Å². The molecule has 0 heterocycles. The van der Waals surface area contributed by atoms with Crippen LogP contribution in [0.1, 0.15) is 21.5 Å². The minimum Gasteiger partial charge on any atom is -0.288 e. The van der Waals surface area contributed by atoms with E-state index in [1.54, 1.807) is 37.3 Å². The van der Waals surface area contributed by atoms with Crippen LogP contribution in [0.5, 0.6) is 0 Å². The summed E-state index contributed by atoms with van der Waals surface area (Å²) in [4.78, 5) is 12.2. The molecule has 0 aromatic heterocycles. The summed E-state index contributed by atoms with van der Waals surface area (Å²) in [5, 5.41) is 0.516. The zero-order valence-corrected chi connectivity index (χ0v) is 11.0. The largest absolute Gasteiger partial charge is 0.288 e. The van der Waals surface area contributed by atoms with Crippen molar-refractivity contribution in [2.45, 2.75) is 6.92 Å². The molecule has 18 heavy (non-hydrogen) atoms. The molecule has 0 saturated carbocycles. The number of hydrogen-bond donors (Lipinski definition) is 0. The Bertz CT molecular complexity index is 603. The van der Waals surface area contributed by atoms with Crippen molar-refractivity contribution >= 4 is 29.0 Å². The zero-order chi connectivity index (χ0) is 13.3. The van der Waals surface area contributed by atoms with Gasteiger partial charge >= 0.3 is 0 Å². The van der Waals surface area contributed by atoms with Gasteiger partial charge in [0.1, 0.15) is 5.82 Å². The first-order valence-electron chi connectivity index (χ1n) is 5.25. The lowest BCUT2D eigenvalue weighted by Crippen LogP contribution is -2.04. The fraction of sp³-hybridized carbons (Fsp3) is 0.0714. The van der Waals surface area contributed by atoms with Crippen LogP contribution in [-0.4, -0.2) is 5.78 Å². The van der Waals surface area contributed by atoms with E-state index in [9.17, 15) is 9.18 Å². The monoisotopic (exact) mass is 282 g/mol. The van der Waals surface area contributed by atoms with Gasteiger partial charge in [0.05, 0.1) is 15.6 Å². The van der Waals surface area contributed by atoms with Crippen molar-refractivity contribution in [3.8, 4) is 0 Å². The lowest BCUT2D eigenvalue weighted by atomic mass is 10.0. The molecule has 0 saturated heterocycles. The number of ketones is 1. The predicted molar refractivity (Wildman–Crippen MR) is 71.0 cm³/mol. The van der Waals surface area contributed by atoms with Gasteiger partial charge in [-0.25, -0.2) is 4.39 Å². The molecule has 0 fully saturated rings. The molecule has 2 rings (SSSR count). The molecule has 0 aliphatic rings. The molecule has 4 heteroatoms. The average Bonchev–Trinajstić information content (AvgIpc) is 2.32. The van der Waals surface area contributed by atoms with Crippen LogP contribution in [0, 0.1) is 12.7 Å². The number of carbonyl (C=O) groups excluding carboxylic acids is 1. The van der Waals surface area contributed by atoms with E-state index in [4.69, 9.17) is 23.2 Å². The Morgan fingerprint density at radius 2 is 1.72 bits per heavy atom. The molecular formula is C14H9Cl2FO. The molecule has 0 atom stereocenters. The maximum absolute atomic E-state index is 13.4. The van der Waals surface area contributed by atoms with Crippen LogP contribution in [-0.2, 0) is 0 Å². The summed E-state index contributed by atoms with van der Waals surface area (Å²) >= 11 is 11.9. The van der Waals surface area contributed by atoms with E-state index in [0.29, 0.717) is 5.56 Å². The molecule has 0 spiro atoms. The first-order chi connectivity index (χ1) is 8.50. The number of rotatable bonds is 2. The van der Waals surface area contributed by atoms with Gasteiger partial charge in [-0.3, -0.25) is 4.79 Å². The van der Waals surface area contributed by atoms with Gasteiger partial charge in [-0.1, -0.05) is 41.4 Å². The van der Waals surface area contributed by atoms with Gasteiger partial charge in [0.25, 0.3) is 0 Å². The second-order valence-corrected chi connectivity index (χ2v) is 4.70. The highest BCUT2D eigenvalue weighted by molar-refractivity contribution is 6.41. The molecule has 0 bridgehead atoms. The van der Waals surface area contributed by atoms with E-state index in [0.717, 1.165) is 0 Å². The second kappa shape index (κ2) is 5.09. The van der Waals surface area contributed by atoms with Gasteiger partial charge in [-0.05, 0) is 30.7 Å². The third-order valence-corrected chi connectivity index (χ3v) is 3.25. The van der Waals surface area contributed by atoms with Gasteiger partial charge in [-0.2, -0.15) is 0 Å². The van der Waals surface area contributed by atoms with Crippen LogP contribution in [0.2, 0.25) is 10.0 Å². The number of carbonyl (C=O) groups is 1. The number of hydrogen-bond acceptors (Lipinski definition) is 1. The highest BCUT2D eigenvalue weighted by atomic mass is 35.5. The SMILES string of the molecule is Cc1ccc(C(=O)c2c(Cl)cccc2Cl)cc1F. The molecule has 0 aliphatic carbocycles. The normalized spacial score (nSPS) is 10.4. The van der Waals surface area contributed by atoms with Crippen LogP contribution >= 0.6 is 23.2 Å². The Hall–Kier alpha value is -1.38. The van der Waals surface area contributed by atoms with E-state index in [-0.39, 0.29) is 27.0 Å². The molecule has 0 radical (unpaired) electrons. The summed E-state index contributed by atoms with van der Waals surface area (Å²) < 4.78 is 13.4. The molecule has 2 aromatic rings. The van der Waals surface area contributed by atoms with Crippen LogP contribution in [0.15, 0.2) is 36.4 Å². The number of aryl methyl sites for hydroxylation is 1. The first kappa shape index (κ1) is 13.1. The number of halogens is 3. The van der Waals surface area contributed by atoms with Crippen molar-refractivity contribution in [2.75, 3.05) is 0 Å². The van der Waals surface area contributed by atoms with Crippen LogP contribution in [0.3, 0.4) is 0 Å². The molecule has 1 nitrogen and oxygen atoms in total. The molecule has 92 valence electrons. The van der Waals surface area contributed by atoms with Crippen molar-refractivity contribution in [3.63, 3.8) is 0 Å². The molecular weight excluding hydrogens is 274 g/mol. The highest BCUT2D eigenvalue weighted by Gasteiger charge is 2.17. The van der Waals surface area contributed by atoms with Gasteiger partial charge in [0.2, 0.25) is 0 Å². The third-order valence-electron chi connectivity index (χ3n) is 2.62. The van der Waals surface area contributed by atoms with Crippen molar-refractivity contribution in [3.05, 3.63) is 69.0 Å². The van der Waals surface area contributed by atoms with Crippen molar-refractivity contribution in [1.82, 2.24) is 0 Å². The van der Waals surface area contributed by atoms with Crippen molar-refractivity contribution in [2.24, 2.45) is 0 Å². The minimum atomic E-state index is -0.427. The van der Waals surface area contributed by atoms with Crippen molar-refractivity contribution < 1.29 is 9.18 Å². The Kier molecular flexibility index (Phi) is 3.69. The molecule has 2 aromatic carbocycles. The third kappa shape index (κ3) is 2.40. The van der Waals surface area contributed by atoms with E-state index in [1.165, 1.54) is 6.07 Å². The second-order valence-electron chi connectivity index (χ2n) is 3.89. The van der Waals surface area contributed by atoms with E-state index >= 15 is 0 Å². The minimum absolute atomic E-state index is 0.198. The Morgan fingerprint density at radius 3 is 2.28 bits per heavy atom. The van der Waals surface area contributed by atoms with Crippen LogP contribution in [0.4, 0.5) is 4.39 Å². The number of benzene rings is 2. The summed E-state index contributed by atoms with van der Waals surface area (Å²) in [5.74, 6) is -0.812. The Morgan fingerprint density at radius 1 is 1.11 bits per heavy atom. The summed E-state index contributed by atoms with van der Waals surface area (Å²) in [6.07, 6.45) is 0. The summed E-state index contributed by atoms with van der Waals surface area (Å²) in [6, 6.07) is 9.10. The molecule has 0 unspecified atom stereocenters. The fourth-order valence-electron chi connectivity index (χ4n) is 1.59. The lowest BCUT2D eigenvalue weighted by molar-refractivity contribution is 0.103. The molecule has 0 amide bonds. The Balaban J connectivity index is 2.51. The Labute approximate surface area is 114 Å². The van der Waals surface area contributed by atoms with Crippen LogP contribution < -0.4 is 0 Å². The standard InChI is InChI=1S/C14H9Cl2FO/c1-8-5-6-9(7-12(8)17)14(18)13-10(15)3-2-4-11(13)16/h2-7H,1H3. The first-order valence-corrected chi connectivity index (χ1v) is 6.01.